The Balaban J connectivity index is 1.49. The Labute approximate surface area is 123 Å². The van der Waals surface area contributed by atoms with Gasteiger partial charge in [-0.1, -0.05) is 0 Å². The number of rotatable bonds is 2. The molecule has 0 unspecified atom stereocenters. The van der Waals surface area contributed by atoms with E-state index in [4.69, 9.17) is 9.47 Å². The summed E-state index contributed by atoms with van der Waals surface area (Å²) < 4.78 is 23.9. The highest BCUT2D eigenvalue weighted by molar-refractivity contribution is 5.89. The topological polar surface area (TPSA) is 50.8 Å². The van der Waals surface area contributed by atoms with Crippen LogP contribution in [0.3, 0.4) is 0 Å². The minimum Gasteiger partial charge on any atom is -0.350 e. The van der Waals surface area contributed by atoms with E-state index in [9.17, 15) is 9.18 Å². The van der Waals surface area contributed by atoms with Crippen molar-refractivity contribution < 1.29 is 18.7 Å². The highest BCUT2D eigenvalue weighted by Gasteiger charge is 2.31. The van der Waals surface area contributed by atoms with E-state index >= 15 is 0 Å². The molecule has 21 heavy (non-hydrogen) atoms. The Bertz CT molecular complexity index is 480. The number of ether oxygens (including phenoxy) is 2. The molecule has 0 saturated carbocycles. The molecule has 2 heterocycles. The van der Waals surface area contributed by atoms with E-state index in [0.717, 1.165) is 12.8 Å². The molecule has 0 bridgehead atoms. The minimum atomic E-state index is -0.314. The lowest BCUT2D eigenvalue weighted by Gasteiger charge is -2.33. The maximum absolute atomic E-state index is 12.8. The Hall–Kier alpha value is -1.66. The first-order valence-electron chi connectivity index (χ1n) is 7.27. The average Bonchev–Trinajstić information content (AvgIpc) is 3.04. The van der Waals surface area contributed by atoms with Crippen LogP contribution < -0.4 is 5.32 Å². The van der Waals surface area contributed by atoms with Gasteiger partial charge < -0.3 is 19.7 Å². The van der Waals surface area contributed by atoms with Gasteiger partial charge in [0.05, 0.1) is 13.2 Å². The van der Waals surface area contributed by atoms with Crippen molar-refractivity contribution in [2.75, 3.05) is 31.6 Å². The second kappa shape index (κ2) is 6.41. The maximum atomic E-state index is 12.8. The Kier molecular flexibility index (Phi) is 4.36. The number of amides is 2. The van der Waals surface area contributed by atoms with Crippen LogP contribution in [-0.2, 0) is 9.47 Å². The van der Waals surface area contributed by atoms with Crippen LogP contribution in [0.4, 0.5) is 14.9 Å². The van der Waals surface area contributed by atoms with E-state index in [1.165, 1.54) is 12.1 Å². The fraction of sp³-hybridized carbons (Fsp3) is 0.533. The molecule has 2 aliphatic rings. The Morgan fingerprint density at radius 1 is 1.14 bits per heavy atom. The molecule has 6 heteroatoms. The number of carbonyl (C=O) groups excluding carboxylic acids is 1. The summed E-state index contributed by atoms with van der Waals surface area (Å²) in [5.74, 6) is 0.0488. The second-order valence-corrected chi connectivity index (χ2v) is 5.37. The predicted molar refractivity (Wildman–Crippen MR) is 75.4 cm³/mol. The molecule has 2 aliphatic heterocycles. The van der Waals surface area contributed by atoms with E-state index in [2.05, 4.69) is 5.32 Å². The molecule has 1 N–H and O–H groups in total. The third-order valence-corrected chi connectivity index (χ3v) is 3.95. The van der Waals surface area contributed by atoms with E-state index in [-0.39, 0.29) is 18.1 Å². The van der Waals surface area contributed by atoms with Crippen LogP contribution in [0.15, 0.2) is 24.3 Å². The second-order valence-electron chi connectivity index (χ2n) is 5.37. The summed E-state index contributed by atoms with van der Waals surface area (Å²) >= 11 is 0. The van der Waals surface area contributed by atoms with Gasteiger partial charge >= 0.3 is 6.03 Å². The van der Waals surface area contributed by atoms with Crippen molar-refractivity contribution >= 4 is 11.7 Å². The highest BCUT2D eigenvalue weighted by atomic mass is 19.1. The lowest BCUT2D eigenvalue weighted by Crippen LogP contribution is -2.43. The molecular formula is C15H19FN2O3. The third kappa shape index (κ3) is 3.51. The molecule has 1 aromatic rings. The Morgan fingerprint density at radius 2 is 1.76 bits per heavy atom. The normalized spacial score (nSPS) is 20.7. The predicted octanol–water partition coefficient (Wildman–Crippen LogP) is 2.44. The van der Waals surface area contributed by atoms with Gasteiger partial charge in [-0.2, -0.15) is 0 Å². The van der Waals surface area contributed by atoms with Gasteiger partial charge in [0.2, 0.25) is 0 Å². The smallest absolute Gasteiger partial charge is 0.321 e. The number of benzene rings is 1. The number of hydrogen-bond acceptors (Lipinski definition) is 3. The van der Waals surface area contributed by atoms with Crippen LogP contribution in [-0.4, -0.2) is 43.5 Å². The van der Waals surface area contributed by atoms with Crippen molar-refractivity contribution in [1.82, 2.24) is 4.90 Å². The van der Waals surface area contributed by atoms with Crippen molar-refractivity contribution in [2.24, 2.45) is 5.92 Å². The van der Waals surface area contributed by atoms with Gasteiger partial charge in [-0.15, -0.1) is 0 Å². The van der Waals surface area contributed by atoms with Crippen LogP contribution in [0.1, 0.15) is 12.8 Å². The summed E-state index contributed by atoms with van der Waals surface area (Å²) in [5, 5.41) is 2.78. The number of urea groups is 1. The number of anilines is 1. The van der Waals surface area contributed by atoms with Crippen molar-refractivity contribution in [3.63, 3.8) is 0 Å². The summed E-state index contributed by atoms with van der Waals surface area (Å²) in [7, 11) is 0. The van der Waals surface area contributed by atoms with E-state index in [1.54, 1.807) is 17.0 Å². The fourth-order valence-electron chi connectivity index (χ4n) is 2.76. The van der Waals surface area contributed by atoms with Gasteiger partial charge in [-0.05, 0) is 37.1 Å². The summed E-state index contributed by atoms with van der Waals surface area (Å²) in [6, 6.07) is 5.63. The zero-order chi connectivity index (χ0) is 14.7. The molecule has 5 nitrogen and oxygen atoms in total. The molecular weight excluding hydrogens is 275 g/mol. The summed E-state index contributed by atoms with van der Waals surface area (Å²) in [5.41, 5.74) is 0.603. The molecule has 2 amide bonds. The zero-order valence-electron chi connectivity index (χ0n) is 11.8. The van der Waals surface area contributed by atoms with Crippen molar-refractivity contribution in [2.45, 2.75) is 19.1 Å². The van der Waals surface area contributed by atoms with E-state index in [0.29, 0.717) is 37.9 Å². The first-order valence-corrected chi connectivity index (χ1v) is 7.27. The Morgan fingerprint density at radius 3 is 2.38 bits per heavy atom. The fourth-order valence-corrected chi connectivity index (χ4v) is 2.76. The lowest BCUT2D eigenvalue weighted by atomic mass is 9.96. The molecule has 0 aromatic heterocycles. The molecule has 0 spiro atoms. The number of likely N-dealkylation sites (tertiary alicyclic amines) is 1. The van der Waals surface area contributed by atoms with Crippen LogP contribution >= 0.6 is 0 Å². The summed E-state index contributed by atoms with van der Waals surface area (Å²) in [6.07, 6.45) is 1.65. The third-order valence-electron chi connectivity index (χ3n) is 3.95. The average molecular weight is 294 g/mol. The maximum Gasteiger partial charge on any atom is 0.321 e. The largest absolute Gasteiger partial charge is 0.350 e. The molecule has 3 rings (SSSR count). The summed E-state index contributed by atoms with van der Waals surface area (Å²) in [6.45, 7) is 2.69. The molecule has 0 atom stereocenters. The van der Waals surface area contributed by atoms with Gasteiger partial charge in [0.15, 0.2) is 6.29 Å². The number of halogens is 1. The summed E-state index contributed by atoms with van der Waals surface area (Å²) in [4.78, 5) is 13.9. The van der Waals surface area contributed by atoms with Crippen LogP contribution in [0.25, 0.3) is 0 Å². The van der Waals surface area contributed by atoms with Gasteiger partial charge in [0, 0.05) is 24.7 Å². The van der Waals surface area contributed by atoms with Crippen LogP contribution in [0, 0.1) is 11.7 Å². The van der Waals surface area contributed by atoms with Gasteiger partial charge in [0.25, 0.3) is 0 Å². The number of nitrogens with one attached hydrogen (secondary N) is 1. The molecule has 2 fully saturated rings. The quantitative estimate of drug-likeness (QED) is 0.911. The monoisotopic (exact) mass is 294 g/mol. The van der Waals surface area contributed by atoms with Crippen LogP contribution in [0.5, 0.6) is 0 Å². The lowest BCUT2D eigenvalue weighted by molar-refractivity contribution is -0.0950. The molecule has 114 valence electrons. The SMILES string of the molecule is O=C(Nc1ccc(F)cc1)N1CCC(C2OCCO2)CC1. The van der Waals surface area contributed by atoms with Crippen LogP contribution in [0.2, 0.25) is 0 Å². The van der Waals surface area contributed by atoms with Gasteiger partial charge in [0.1, 0.15) is 5.82 Å². The number of carbonyl (C=O) groups is 1. The molecule has 0 radical (unpaired) electrons. The van der Waals surface area contributed by atoms with E-state index in [1.807, 2.05) is 0 Å². The first kappa shape index (κ1) is 14.3. The molecule has 0 aliphatic carbocycles. The molecule has 2 saturated heterocycles. The van der Waals surface area contributed by atoms with Gasteiger partial charge in [-0.3, -0.25) is 0 Å². The molecule has 1 aromatic carbocycles. The zero-order valence-corrected chi connectivity index (χ0v) is 11.8. The minimum absolute atomic E-state index is 0.104. The first-order chi connectivity index (χ1) is 10.2. The van der Waals surface area contributed by atoms with E-state index < -0.39 is 0 Å². The highest BCUT2D eigenvalue weighted by Crippen LogP contribution is 2.26. The van der Waals surface area contributed by atoms with Gasteiger partial charge in [-0.25, -0.2) is 9.18 Å². The van der Waals surface area contributed by atoms with Crippen molar-refractivity contribution in [1.29, 1.82) is 0 Å². The number of nitrogens with zero attached hydrogens (tertiary/aromatic N) is 1. The van der Waals surface area contributed by atoms with Crippen molar-refractivity contribution in [3.8, 4) is 0 Å². The number of hydrogen-bond donors (Lipinski definition) is 1. The van der Waals surface area contributed by atoms with Crippen molar-refractivity contribution in [3.05, 3.63) is 30.1 Å². The standard InChI is InChI=1S/C15H19FN2O3/c16-12-1-3-13(4-2-12)17-15(19)18-7-5-11(6-8-18)14-20-9-10-21-14/h1-4,11,14H,5-10H2,(H,17,19). The number of piperidine rings is 1.